The summed E-state index contributed by atoms with van der Waals surface area (Å²) < 4.78 is 19.1. The zero-order valence-corrected chi connectivity index (χ0v) is 16.2. The standard InChI is InChI=1S/C23H29FN2O2/c24-20-3-1-17(2-4-20)16-28-21-5-6-23(27)22(15-21)26-13-9-19(10-14-26)18-7-11-25-12-8-18/h1-4,7-8,11-12,19,21-23,27H,5-6,9-10,13-16H2/t21-,22-,23-/m1/s1. The predicted molar refractivity (Wildman–Crippen MR) is 106 cm³/mol. The Morgan fingerprint density at radius 2 is 1.71 bits per heavy atom. The molecule has 1 saturated carbocycles. The summed E-state index contributed by atoms with van der Waals surface area (Å²) in [6.07, 6.45) is 8.38. The second-order valence-corrected chi connectivity index (χ2v) is 8.10. The number of aromatic nitrogens is 1. The van der Waals surface area contributed by atoms with Gasteiger partial charge in [-0.2, -0.15) is 0 Å². The van der Waals surface area contributed by atoms with Gasteiger partial charge >= 0.3 is 0 Å². The number of aliphatic hydroxyl groups is 1. The topological polar surface area (TPSA) is 45.6 Å². The van der Waals surface area contributed by atoms with E-state index in [-0.39, 0.29) is 24.1 Å². The normalized spacial score (nSPS) is 27.0. The third-order valence-corrected chi connectivity index (χ3v) is 6.31. The number of pyridine rings is 1. The molecule has 1 saturated heterocycles. The van der Waals surface area contributed by atoms with Crippen LogP contribution in [0.1, 0.15) is 49.1 Å². The Kier molecular flexibility index (Phi) is 6.35. The summed E-state index contributed by atoms with van der Waals surface area (Å²) in [6, 6.07) is 10.9. The first-order valence-electron chi connectivity index (χ1n) is 10.4. The fraction of sp³-hybridized carbons (Fsp3) is 0.522. The molecule has 2 aliphatic rings. The summed E-state index contributed by atoms with van der Waals surface area (Å²) in [4.78, 5) is 6.57. The zero-order chi connectivity index (χ0) is 19.3. The highest BCUT2D eigenvalue weighted by Gasteiger charge is 2.35. The van der Waals surface area contributed by atoms with Gasteiger partial charge in [0.25, 0.3) is 0 Å². The first-order chi connectivity index (χ1) is 13.7. The highest BCUT2D eigenvalue weighted by Crippen LogP contribution is 2.33. The van der Waals surface area contributed by atoms with Crippen LogP contribution in [0.25, 0.3) is 0 Å². The van der Waals surface area contributed by atoms with Gasteiger partial charge in [-0.05, 0) is 86.5 Å². The number of benzene rings is 1. The number of ether oxygens (including phenoxy) is 1. The zero-order valence-electron chi connectivity index (χ0n) is 16.2. The van der Waals surface area contributed by atoms with Crippen molar-refractivity contribution in [1.29, 1.82) is 0 Å². The van der Waals surface area contributed by atoms with Crippen molar-refractivity contribution in [2.24, 2.45) is 0 Å². The van der Waals surface area contributed by atoms with Crippen molar-refractivity contribution in [3.63, 3.8) is 0 Å². The van der Waals surface area contributed by atoms with Crippen LogP contribution < -0.4 is 0 Å². The van der Waals surface area contributed by atoms with Crippen LogP contribution >= 0.6 is 0 Å². The van der Waals surface area contributed by atoms with Gasteiger partial charge in [-0.15, -0.1) is 0 Å². The Balaban J connectivity index is 1.29. The van der Waals surface area contributed by atoms with E-state index in [2.05, 4.69) is 22.0 Å². The van der Waals surface area contributed by atoms with E-state index < -0.39 is 0 Å². The Morgan fingerprint density at radius 1 is 1.00 bits per heavy atom. The summed E-state index contributed by atoms with van der Waals surface area (Å²) in [5.41, 5.74) is 2.36. The first kappa shape index (κ1) is 19.5. The number of aliphatic hydroxyl groups excluding tert-OH is 1. The van der Waals surface area contributed by atoms with Crippen molar-refractivity contribution in [2.45, 2.75) is 62.9 Å². The van der Waals surface area contributed by atoms with Crippen LogP contribution in [-0.2, 0) is 11.3 Å². The number of nitrogens with zero attached hydrogens (tertiary/aromatic N) is 2. The molecular weight excluding hydrogens is 355 g/mol. The highest BCUT2D eigenvalue weighted by atomic mass is 19.1. The molecule has 1 aliphatic carbocycles. The quantitative estimate of drug-likeness (QED) is 0.849. The van der Waals surface area contributed by atoms with E-state index in [1.165, 1.54) is 17.7 Å². The largest absolute Gasteiger partial charge is 0.391 e. The average molecular weight is 384 g/mol. The average Bonchev–Trinajstić information content (AvgIpc) is 2.75. The SMILES string of the molecule is O[C@@H]1CC[C@@H](OCc2ccc(F)cc2)C[C@H]1N1CCC(c2ccncc2)CC1. The molecule has 0 unspecified atom stereocenters. The summed E-state index contributed by atoms with van der Waals surface area (Å²) in [5, 5.41) is 10.6. The van der Waals surface area contributed by atoms with Crippen LogP contribution in [0, 0.1) is 5.82 Å². The lowest BCUT2D eigenvalue weighted by molar-refractivity contribution is -0.0629. The monoisotopic (exact) mass is 384 g/mol. The van der Waals surface area contributed by atoms with E-state index >= 15 is 0 Å². The maximum Gasteiger partial charge on any atom is 0.123 e. The minimum atomic E-state index is -0.275. The molecule has 5 heteroatoms. The fourth-order valence-corrected chi connectivity index (χ4v) is 4.63. The minimum absolute atomic E-state index is 0.149. The van der Waals surface area contributed by atoms with Crippen LogP contribution in [0.5, 0.6) is 0 Å². The molecule has 1 aromatic heterocycles. The van der Waals surface area contributed by atoms with E-state index in [0.29, 0.717) is 12.5 Å². The molecule has 3 atom stereocenters. The highest BCUT2D eigenvalue weighted by molar-refractivity contribution is 5.17. The van der Waals surface area contributed by atoms with Crippen molar-refractivity contribution in [3.05, 3.63) is 65.7 Å². The number of likely N-dealkylation sites (tertiary alicyclic amines) is 1. The van der Waals surface area contributed by atoms with Gasteiger partial charge in [0.05, 0.1) is 18.8 Å². The third kappa shape index (κ3) is 4.77. The molecule has 1 N–H and O–H groups in total. The molecule has 0 amide bonds. The Hall–Kier alpha value is -1.82. The van der Waals surface area contributed by atoms with Crippen LogP contribution in [-0.4, -0.2) is 46.3 Å². The molecular formula is C23H29FN2O2. The maximum absolute atomic E-state index is 13.0. The van der Waals surface area contributed by atoms with Crippen LogP contribution in [0.15, 0.2) is 48.8 Å². The Labute approximate surface area is 166 Å². The van der Waals surface area contributed by atoms with E-state index in [1.807, 2.05) is 12.4 Å². The molecule has 4 rings (SSSR count). The molecule has 0 bridgehead atoms. The van der Waals surface area contributed by atoms with Gasteiger partial charge in [0.15, 0.2) is 0 Å². The van der Waals surface area contributed by atoms with Crippen LogP contribution in [0.4, 0.5) is 4.39 Å². The number of hydrogen-bond acceptors (Lipinski definition) is 4. The smallest absolute Gasteiger partial charge is 0.123 e. The number of hydrogen-bond donors (Lipinski definition) is 1. The molecule has 2 heterocycles. The number of piperidine rings is 1. The molecule has 2 aromatic rings. The summed E-state index contributed by atoms with van der Waals surface area (Å²) in [7, 11) is 0. The van der Waals surface area contributed by atoms with Gasteiger partial charge in [-0.1, -0.05) is 12.1 Å². The second-order valence-electron chi connectivity index (χ2n) is 8.10. The summed E-state index contributed by atoms with van der Waals surface area (Å²) in [6.45, 7) is 2.52. The second kappa shape index (κ2) is 9.12. The van der Waals surface area contributed by atoms with Crippen molar-refractivity contribution in [2.75, 3.05) is 13.1 Å². The lowest BCUT2D eigenvalue weighted by Gasteiger charge is -2.43. The van der Waals surface area contributed by atoms with Crippen molar-refractivity contribution < 1.29 is 14.2 Å². The molecule has 2 fully saturated rings. The Bertz CT molecular complexity index is 732. The maximum atomic E-state index is 13.0. The molecule has 4 nitrogen and oxygen atoms in total. The Morgan fingerprint density at radius 3 is 2.43 bits per heavy atom. The van der Waals surface area contributed by atoms with Gasteiger partial charge < -0.3 is 9.84 Å². The summed E-state index contributed by atoms with van der Waals surface area (Å²) >= 11 is 0. The van der Waals surface area contributed by atoms with Crippen molar-refractivity contribution in [3.8, 4) is 0 Å². The van der Waals surface area contributed by atoms with Crippen LogP contribution in [0.3, 0.4) is 0 Å². The molecule has 150 valence electrons. The van der Waals surface area contributed by atoms with E-state index in [1.54, 1.807) is 12.1 Å². The van der Waals surface area contributed by atoms with Crippen LogP contribution in [0.2, 0.25) is 0 Å². The number of rotatable bonds is 5. The van der Waals surface area contributed by atoms with E-state index in [4.69, 9.17) is 4.74 Å². The van der Waals surface area contributed by atoms with Gasteiger partial charge in [0.2, 0.25) is 0 Å². The predicted octanol–water partition coefficient (Wildman–Crippen LogP) is 3.90. The van der Waals surface area contributed by atoms with Gasteiger partial charge in [-0.3, -0.25) is 9.88 Å². The third-order valence-electron chi connectivity index (χ3n) is 6.31. The molecule has 1 aliphatic heterocycles. The lowest BCUT2D eigenvalue weighted by Crippen LogP contribution is -2.51. The van der Waals surface area contributed by atoms with Gasteiger partial charge in [0.1, 0.15) is 5.82 Å². The molecule has 1 aromatic carbocycles. The first-order valence-corrected chi connectivity index (χ1v) is 10.4. The number of halogens is 1. The van der Waals surface area contributed by atoms with E-state index in [9.17, 15) is 9.50 Å². The fourth-order valence-electron chi connectivity index (χ4n) is 4.63. The van der Waals surface area contributed by atoms with Gasteiger partial charge in [-0.25, -0.2) is 4.39 Å². The minimum Gasteiger partial charge on any atom is -0.391 e. The van der Waals surface area contributed by atoms with Gasteiger partial charge in [0, 0.05) is 18.4 Å². The molecule has 0 spiro atoms. The van der Waals surface area contributed by atoms with Crippen molar-refractivity contribution in [1.82, 2.24) is 9.88 Å². The van der Waals surface area contributed by atoms with E-state index in [0.717, 1.165) is 50.8 Å². The molecule has 28 heavy (non-hydrogen) atoms. The summed E-state index contributed by atoms with van der Waals surface area (Å²) in [5.74, 6) is 0.366. The lowest BCUT2D eigenvalue weighted by atomic mass is 9.85. The van der Waals surface area contributed by atoms with Crippen molar-refractivity contribution >= 4 is 0 Å². The molecule has 0 radical (unpaired) electrons.